The first-order valence-corrected chi connectivity index (χ1v) is 15.4. The van der Waals surface area contributed by atoms with Crippen LogP contribution in [0, 0.1) is 17.3 Å². The predicted molar refractivity (Wildman–Crippen MR) is 173 cm³/mol. The number of benzene rings is 3. The third-order valence-corrected chi connectivity index (χ3v) is 9.52. The van der Waals surface area contributed by atoms with Gasteiger partial charge in [0.25, 0.3) is 11.2 Å². The van der Waals surface area contributed by atoms with Crippen molar-refractivity contribution in [2.24, 2.45) is 4.99 Å². The van der Waals surface area contributed by atoms with Crippen molar-refractivity contribution in [3.05, 3.63) is 138 Å². The number of ether oxygens (including phenoxy) is 1. The molecule has 3 aromatic carbocycles. The molecule has 0 radical (unpaired) electrons. The van der Waals surface area contributed by atoms with E-state index in [9.17, 15) is 14.9 Å². The maximum atomic E-state index is 14.0. The van der Waals surface area contributed by atoms with Crippen LogP contribution in [0.15, 0.2) is 88.7 Å². The van der Waals surface area contributed by atoms with E-state index in [2.05, 4.69) is 63.9 Å². The van der Waals surface area contributed by atoms with Gasteiger partial charge in [0.2, 0.25) is 0 Å². The minimum absolute atomic E-state index is 0.00194. The maximum Gasteiger partial charge on any atom is 0.271 e. The van der Waals surface area contributed by atoms with Gasteiger partial charge in [-0.3, -0.25) is 19.5 Å². The second-order valence-corrected chi connectivity index (χ2v) is 12.7. The first-order valence-electron chi connectivity index (χ1n) is 12.5. The van der Waals surface area contributed by atoms with Gasteiger partial charge in [-0.15, -0.1) is 0 Å². The Bertz CT molecular complexity index is 1900. The lowest BCUT2D eigenvalue weighted by atomic mass is 9.83. The molecule has 0 bridgehead atoms. The highest BCUT2D eigenvalue weighted by Crippen LogP contribution is 2.41. The second kappa shape index (κ2) is 11.1. The zero-order valence-electron chi connectivity index (χ0n) is 21.0. The number of hydrogen-bond acceptors (Lipinski definition) is 6. The summed E-state index contributed by atoms with van der Waals surface area (Å²) in [5.41, 5.74) is 5.55. The SMILES string of the molecule is C=CCOc1c(I)cc(/C=c2/sc3n(c2=O)[C@@H](c2cccc([N+](=O)[O-])c2)C2=C(N=3)c3ccccc3CC2)cc1I. The Hall–Kier alpha value is -3.10. The van der Waals surface area contributed by atoms with Crippen molar-refractivity contribution in [1.82, 2.24) is 4.57 Å². The largest absolute Gasteiger partial charge is 0.487 e. The first kappa shape index (κ1) is 27.1. The van der Waals surface area contributed by atoms with Crippen molar-refractivity contribution < 1.29 is 9.66 Å². The number of halogens is 2. The summed E-state index contributed by atoms with van der Waals surface area (Å²) in [4.78, 5) is 30.8. The number of nitro groups is 1. The van der Waals surface area contributed by atoms with Gasteiger partial charge in [-0.05, 0) is 98.5 Å². The molecule has 2 heterocycles. The van der Waals surface area contributed by atoms with E-state index >= 15 is 0 Å². The van der Waals surface area contributed by atoms with Gasteiger partial charge in [-0.25, -0.2) is 4.99 Å². The van der Waals surface area contributed by atoms with E-state index in [0.29, 0.717) is 27.9 Å². The van der Waals surface area contributed by atoms with E-state index in [1.54, 1.807) is 22.8 Å². The molecule has 10 heteroatoms. The number of rotatable bonds is 6. The van der Waals surface area contributed by atoms with Crippen molar-refractivity contribution in [1.29, 1.82) is 0 Å². The molecule has 0 N–H and O–H groups in total. The van der Waals surface area contributed by atoms with Crippen LogP contribution in [0.5, 0.6) is 5.75 Å². The standard InChI is InChI=1S/C30H21I2N3O4S/c1-2-12-39-28-23(31)13-17(14-24(28)32)15-25-29(36)34-27(19-7-5-8-20(16-19)35(37)38)22-11-10-18-6-3-4-9-21(18)26(22)33-30(34)40-25/h2-9,13-16,27H,1,10-12H2/b25-15+/t27-/m0/s1. The number of fused-ring (bicyclic) bond motifs is 3. The third kappa shape index (κ3) is 4.85. The molecule has 1 atom stereocenters. The van der Waals surface area contributed by atoms with Crippen LogP contribution in [-0.4, -0.2) is 16.1 Å². The Kier molecular flexibility index (Phi) is 7.48. The molecule has 0 amide bonds. The molecule has 0 saturated carbocycles. The first-order chi connectivity index (χ1) is 19.4. The molecule has 1 aliphatic carbocycles. The van der Waals surface area contributed by atoms with Crippen molar-refractivity contribution in [2.75, 3.05) is 6.61 Å². The summed E-state index contributed by atoms with van der Waals surface area (Å²) in [6, 6.07) is 18.3. The lowest BCUT2D eigenvalue weighted by Crippen LogP contribution is -2.38. The number of allylic oxidation sites excluding steroid dienone is 1. The summed E-state index contributed by atoms with van der Waals surface area (Å²) in [5.74, 6) is 0.789. The molecule has 6 rings (SSSR count). The van der Waals surface area contributed by atoms with Gasteiger partial charge in [-0.2, -0.15) is 0 Å². The van der Waals surface area contributed by atoms with Crippen LogP contribution < -0.4 is 19.6 Å². The second-order valence-electron chi connectivity index (χ2n) is 9.38. The van der Waals surface area contributed by atoms with Crippen LogP contribution in [0.4, 0.5) is 5.69 Å². The number of aryl methyl sites for hydroxylation is 1. The number of nitro benzene ring substituents is 1. The number of non-ortho nitro benzene ring substituents is 1. The van der Waals surface area contributed by atoms with E-state index in [4.69, 9.17) is 9.73 Å². The van der Waals surface area contributed by atoms with Gasteiger partial charge in [0, 0.05) is 17.7 Å². The van der Waals surface area contributed by atoms with Gasteiger partial charge in [0.15, 0.2) is 4.80 Å². The van der Waals surface area contributed by atoms with Crippen molar-refractivity contribution in [3.63, 3.8) is 0 Å². The molecule has 200 valence electrons. The minimum atomic E-state index is -0.475. The normalized spacial score (nSPS) is 16.1. The topological polar surface area (TPSA) is 86.7 Å². The van der Waals surface area contributed by atoms with Crippen molar-refractivity contribution in [2.45, 2.75) is 18.9 Å². The highest BCUT2D eigenvalue weighted by molar-refractivity contribution is 14.1. The number of hydrogen-bond donors (Lipinski definition) is 0. The smallest absolute Gasteiger partial charge is 0.271 e. The average molecular weight is 773 g/mol. The molecule has 4 aromatic rings. The maximum absolute atomic E-state index is 14.0. The van der Waals surface area contributed by atoms with Crippen LogP contribution in [-0.2, 0) is 6.42 Å². The van der Waals surface area contributed by atoms with Gasteiger partial charge in [0.1, 0.15) is 12.4 Å². The highest BCUT2D eigenvalue weighted by atomic mass is 127. The summed E-state index contributed by atoms with van der Waals surface area (Å²) in [7, 11) is 0. The number of thiazole rings is 1. The van der Waals surface area contributed by atoms with Gasteiger partial charge >= 0.3 is 0 Å². The molecule has 0 unspecified atom stereocenters. The van der Waals surface area contributed by atoms with Crippen LogP contribution in [0.25, 0.3) is 11.8 Å². The zero-order valence-corrected chi connectivity index (χ0v) is 26.1. The lowest BCUT2D eigenvalue weighted by Gasteiger charge is -2.30. The Morgan fingerprint density at radius 1 is 1.12 bits per heavy atom. The molecule has 1 aliphatic heterocycles. The Morgan fingerprint density at radius 2 is 1.90 bits per heavy atom. The quantitative estimate of drug-likeness (QED) is 0.104. The summed E-state index contributed by atoms with van der Waals surface area (Å²) in [6.07, 6.45) is 5.12. The number of aromatic nitrogens is 1. The highest BCUT2D eigenvalue weighted by Gasteiger charge is 2.33. The molecule has 40 heavy (non-hydrogen) atoms. The van der Waals surface area contributed by atoms with E-state index in [0.717, 1.165) is 41.7 Å². The lowest BCUT2D eigenvalue weighted by molar-refractivity contribution is -0.384. The summed E-state index contributed by atoms with van der Waals surface area (Å²) in [5, 5.41) is 11.6. The van der Waals surface area contributed by atoms with Gasteiger partial charge in [0.05, 0.1) is 28.3 Å². The van der Waals surface area contributed by atoms with Crippen molar-refractivity contribution in [3.8, 4) is 5.75 Å². The molecule has 7 nitrogen and oxygen atoms in total. The van der Waals surface area contributed by atoms with Gasteiger partial charge in [-0.1, -0.05) is 60.4 Å². The Balaban J connectivity index is 1.56. The van der Waals surface area contributed by atoms with E-state index < -0.39 is 11.0 Å². The van der Waals surface area contributed by atoms with Crippen molar-refractivity contribution >= 4 is 74.0 Å². The molecule has 0 fully saturated rings. The van der Waals surface area contributed by atoms with Crippen LogP contribution in [0.3, 0.4) is 0 Å². The summed E-state index contributed by atoms with van der Waals surface area (Å²) >= 11 is 5.81. The van der Waals surface area contributed by atoms with Crippen LogP contribution in [0.2, 0.25) is 0 Å². The van der Waals surface area contributed by atoms with E-state index in [1.165, 1.54) is 23.0 Å². The fourth-order valence-corrected chi connectivity index (χ4v) is 8.35. The fourth-order valence-electron chi connectivity index (χ4n) is 5.23. The Morgan fingerprint density at radius 3 is 2.65 bits per heavy atom. The fraction of sp³-hybridized carbons (Fsp3) is 0.133. The predicted octanol–water partition coefficient (Wildman–Crippen LogP) is 6.00. The molecule has 2 aliphatic rings. The zero-order chi connectivity index (χ0) is 28.0. The monoisotopic (exact) mass is 773 g/mol. The van der Waals surface area contributed by atoms with E-state index in [1.807, 2.05) is 36.4 Å². The average Bonchev–Trinajstić information content (AvgIpc) is 3.25. The third-order valence-electron chi connectivity index (χ3n) is 6.93. The van der Waals surface area contributed by atoms with Crippen LogP contribution in [0.1, 0.15) is 34.7 Å². The molecule has 0 spiro atoms. The molecule has 1 aromatic heterocycles. The Labute approximate surface area is 260 Å². The number of nitrogens with zero attached hydrogens (tertiary/aromatic N) is 3. The summed E-state index contributed by atoms with van der Waals surface area (Å²) < 4.78 is 9.94. The van der Waals surface area contributed by atoms with Crippen LogP contribution >= 0.6 is 56.5 Å². The summed E-state index contributed by atoms with van der Waals surface area (Å²) in [6.45, 7) is 4.13. The molecular weight excluding hydrogens is 752 g/mol. The van der Waals surface area contributed by atoms with E-state index in [-0.39, 0.29) is 11.2 Å². The molecular formula is C30H21I2N3O4S. The molecule has 0 saturated heterocycles. The minimum Gasteiger partial charge on any atom is -0.487 e. The van der Waals surface area contributed by atoms with Gasteiger partial charge < -0.3 is 4.74 Å².